The van der Waals surface area contributed by atoms with Crippen molar-refractivity contribution in [2.75, 3.05) is 10.2 Å². The fourth-order valence-corrected chi connectivity index (χ4v) is 4.94. The van der Waals surface area contributed by atoms with E-state index in [1.807, 2.05) is 54.6 Å². The van der Waals surface area contributed by atoms with E-state index in [1.165, 1.54) is 0 Å². The average Bonchev–Trinajstić information content (AvgIpc) is 3.52. The van der Waals surface area contributed by atoms with Gasteiger partial charge in [0.2, 0.25) is 5.89 Å². The second-order valence-electron chi connectivity index (χ2n) is 9.19. The lowest BCUT2D eigenvalue weighted by atomic mass is 10.1. The largest absolute Gasteiger partial charge is 0.436 e. The Morgan fingerprint density at radius 3 is 2.08 bits per heavy atom. The highest BCUT2D eigenvalue weighted by Gasteiger charge is 2.36. The van der Waals surface area contributed by atoms with E-state index >= 15 is 0 Å². The van der Waals surface area contributed by atoms with Crippen molar-refractivity contribution in [3.8, 4) is 11.5 Å². The molecule has 0 spiro atoms. The molecule has 1 aromatic heterocycles. The number of hydrogen-bond donors (Lipinski definition) is 1. The van der Waals surface area contributed by atoms with Gasteiger partial charge in [-0.2, -0.15) is 0 Å². The van der Waals surface area contributed by atoms with Crippen LogP contribution in [0.25, 0.3) is 33.3 Å². The van der Waals surface area contributed by atoms with Crippen LogP contribution in [0.4, 0.5) is 11.4 Å². The second kappa shape index (κ2) is 8.78. The summed E-state index contributed by atoms with van der Waals surface area (Å²) in [5.41, 5.74) is 4.12. The van der Waals surface area contributed by atoms with Gasteiger partial charge < -0.3 is 9.73 Å². The summed E-state index contributed by atoms with van der Waals surface area (Å²) in [5.74, 6) is -0.711. The highest BCUT2D eigenvalue weighted by molar-refractivity contribution is 6.34. The van der Waals surface area contributed by atoms with Crippen molar-refractivity contribution >= 4 is 51.0 Å². The fraction of sp³-hybridized carbons (Fsp3) is 0. The summed E-state index contributed by atoms with van der Waals surface area (Å²) < 4.78 is 6.08. The third-order valence-corrected chi connectivity index (χ3v) is 6.87. The first-order chi connectivity index (χ1) is 19.1. The first-order valence-electron chi connectivity index (χ1n) is 12.4. The van der Waals surface area contributed by atoms with Crippen molar-refractivity contribution in [3.05, 3.63) is 126 Å². The molecule has 0 radical (unpaired) electrons. The third kappa shape index (κ3) is 3.67. The van der Waals surface area contributed by atoms with E-state index in [4.69, 9.17) is 9.40 Å². The van der Waals surface area contributed by atoms with E-state index < -0.39 is 0 Å². The normalized spacial score (nSPS) is 12.8. The Bertz CT molecular complexity index is 1920. The molecule has 0 aliphatic carbocycles. The Balaban J connectivity index is 1.16. The molecule has 0 fully saturated rings. The van der Waals surface area contributed by atoms with Gasteiger partial charge in [-0.15, -0.1) is 0 Å². The van der Waals surface area contributed by atoms with Crippen molar-refractivity contribution in [3.63, 3.8) is 0 Å². The lowest BCUT2D eigenvalue weighted by molar-refractivity contribution is 0.0925. The van der Waals surface area contributed by atoms with Gasteiger partial charge in [0.1, 0.15) is 5.52 Å². The van der Waals surface area contributed by atoms with Crippen LogP contribution in [0, 0.1) is 0 Å². The van der Waals surface area contributed by atoms with E-state index in [2.05, 4.69) is 5.32 Å². The quantitative estimate of drug-likeness (QED) is 0.267. The zero-order valence-corrected chi connectivity index (χ0v) is 20.4. The number of imide groups is 1. The maximum absolute atomic E-state index is 13.2. The predicted molar refractivity (Wildman–Crippen MR) is 149 cm³/mol. The minimum Gasteiger partial charge on any atom is -0.436 e. The highest BCUT2D eigenvalue weighted by Crippen LogP contribution is 2.34. The van der Waals surface area contributed by atoms with Crippen LogP contribution in [0.5, 0.6) is 0 Å². The molecule has 7 rings (SSSR count). The number of hydrogen-bond acceptors (Lipinski definition) is 5. The number of para-hydroxylation sites is 1. The molecule has 2 heterocycles. The van der Waals surface area contributed by atoms with E-state index in [0.29, 0.717) is 45.1 Å². The van der Waals surface area contributed by atoms with Crippen LogP contribution >= 0.6 is 0 Å². The smallest absolute Gasteiger partial charge is 0.266 e. The number of nitrogens with one attached hydrogen (secondary N) is 1. The molecule has 0 unspecified atom stereocenters. The van der Waals surface area contributed by atoms with Gasteiger partial charge in [0.05, 0.1) is 28.1 Å². The molecule has 39 heavy (non-hydrogen) atoms. The lowest BCUT2D eigenvalue weighted by Gasteiger charge is -2.14. The molecular weight excluding hydrogens is 490 g/mol. The van der Waals surface area contributed by atoms with Crippen molar-refractivity contribution in [1.29, 1.82) is 0 Å². The lowest BCUT2D eigenvalue weighted by Crippen LogP contribution is -2.29. The van der Waals surface area contributed by atoms with Gasteiger partial charge in [-0.1, -0.05) is 54.6 Å². The van der Waals surface area contributed by atoms with Crippen LogP contribution < -0.4 is 10.2 Å². The molecule has 1 aliphatic rings. The Morgan fingerprint density at radius 1 is 0.692 bits per heavy atom. The molecule has 1 N–H and O–H groups in total. The SMILES string of the molecule is O=C(Nc1ccccc1-c1nc2c(ccc3ccccc32)o1)c1ccc(N2C(=O)c3ccccc3C2=O)cc1. The minimum atomic E-state index is -0.382. The zero-order chi connectivity index (χ0) is 26.5. The van der Waals surface area contributed by atoms with Gasteiger partial charge in [-0.3, -0.25) is 14.4 Å². The average molecular weight is 510 g/mol. The van der Waals surface area contributed by atoms with E-state index in [0.717, 1.165) is 21.2 Å². The summed E-state index contributed by atoms with van der Waals surface area (Å²) in [4.78, 5) is 44.6. The van der Waals surface area contributed by atoms with Gasteiger partial charge in [0.15, 0.2) is 5.58 Å². The molecule has 0 saturated heterocycles. The summed E-state index contributed by atoms with van der Waals surface area (Å²) in [5, 5.41) is 5.00. The summed E-state index contributed by atoms with van der Waals surface area (Å²) in [6.07, 6.45) is 0. The van der Waals surface area contributed by atoms with Crippen molar-refractivity contribution < 1.29 is 18.8 Å². The molecule has 186 valence electrons. The van der Waals surface area contributed by atoms with Gasteiger partial charge in [-0.05, 0) is 60.0 Å². The first kappa shape index (κ1) is 22.6. The van der Waals surface area contributed by atoms with Crippen LogP contribution in [0.3, 0.4) is 0 Å². The topological polar surface area (TPSA) is 92.5 Å². The van der Waals surface area contributed by atoms with E-state index in [9.17, 15) is 14.4 Å². The first-order valence-corrected chi connectivity index (χ1v) is 12.4. The molecule has 1 aliphatic heterocycles. The summed E-state index contributed by atoms with van der Waals surface area (Å²) in [6.45, 7) is 0. The Hall–Kier alpha value is -5.56. The van der Waals surface area contributed by atoms with Gasteiger partial charge in [0, 0.05) is 10.9 Å². The number of rotatable bonds is 4. The van der Waals surface area contributed by atoms with Gasteiger partial charge in [0.25, 0.3) is 17.7 Å². The minimum absolute atomic E-state index is 0.349. The molecule has 5 aromatic carbocycles. The van der Waals surface area contributed by atoms with Gasteiger partial charge in [-0.25, -0.2) is 9.88 Å². The number of nitrogens with zero attached hydrogens (tertiary/aromatic N) is 2. The van der Waals surface area contributed by atoms with Crippen LogP contribution in [0.15, 0.2) is 114 Å². The highest BCUT2D eigenvalue weighted by atomic mass is 16.3. The van der Waals surface area contributed by atoms with Crippen molar-refractivity contribution in [2.45, 2.75) is 0 Å². The number of benzene rings is 5. The summed E-state index contributed by atoms with van der Waals surface area (Å²) >= 11 is 0. The number of oxazole rings is 1. The monoisotopic (exact) mass is 509 g/mol. The van der Waals surface area contributed by atoms with Crippen molar-refractivity contribution in [1.82, 2.24) is 4.98 Å². The Kier molecular flexibility index (Phi) is 5.09. The van der Waals surface area contributed by atoms with E-state index in [1.54, 1.807) is 54.6 Å². The number of amides is 3. The Labute approximate surface area is 222 Å². The maximum Gasteiger partial charge on any atom is 0.266 e. The molecule has 7 nitrogen and oxygen atoms in total. The predicted octanol–water partition coefficient (Wildman–Crippen LogP) is 6.70. The molecular formula is C32H19N3O4. The molecule has 0 atom stereocenters. The molecule has 3 amide bonds. The molecule has 6 aromatic rings. The number of fused-ring (bicyclic) bond motifs is 4. The summed E-state index contributed by atoms with van der Waals surface area (Å²) in [7, 11) is 0. The number of carbonyl (C=O) groups is 3. The maximum atomic E-state index is 13.2. The third-order valence-electron chi connectivity index (χ3n) is 6.87. The standard InChI is InChI=1S/C32H19N3O4/c36-29(20-13-16-21(17-14-20)35-31(37)23-9-3-4-10-24(23)32(35)38)33-26-12-6-5-11-25(26)30-34-28-22-8-2-1-7-19(22)15-18-27(28)39-30/h1-18H,(H,33,36). The Morgan fingerprint density at radius 2 is 1.33 bits per heavy atom. The van der Waals surface area contributed by atoms with Crippen LogP contribution in [-0.4, -0.2) is 22.7 Å². The number of anilines is 2. The van der Waals surface area contributed by atoms with E-state index in [-0.39, 0.29) is 17.7 Å². The van der Waals surface area contributed by atoms with Crippen LogP contribution in [-0.2, 0) is 0 Å². The number of carbonyl (C=O) groups excluding carboxylic acids is 3. The molecule has 0 bridgehead atoms. The van der Waals surface area contributed by atoms with Gasteiger partial charge >= 0.3 is 0 Å². The summed E-state index contributed by atoms with van der Waals surface area (Å²) in [6, 6.07) is 32.2. The zero-order valence-electron chi connectivity index (χ0n) is 20.4. The second-order valence-corrected chi connectivity index (χ2v) is 9.19. The molecule has 7 heteroatoms. The van der Waals surface area contributed by atoms with Crippen LogP contribution in [0.2, 0.25) is 0 Å². The fourth-order valence-electron chi connectivity index (χ4n) is 4.94. The molecule has 0 saturated carbocycles. The van der Waals surface area contributed by atoms with Crippen LogP contribution in [0.1, 0.15) is 31.1 Å². The van der Waals surface area contributed by atoms with Crippen molar-refractivity contribution in [2.24, 2.45) is 0 Å². The number of aromatic nitrogens is 1.